The number of aliphatic hydroxyl groups excluding tert-OH is 1. The molecule has 23 heavy (non-hydrogen) atoms. The summed E-state index contributed by atoms with van der Waals surface area (Å²) in [5, 5.41) is 10.4. The van der Waals surface area contributed by atoms with Crippen molar-refractivity contribution in [3.63, 3.8) is 0 Å². The van der Waals surface area contributed by atoms with Crippen LogP contribution in [0.2, 0.25) is 0 Å². The number of hydrogen-bond acceptors (Lipinski definition) is 4. The lowest BCUT2D eigenvalue weighted by molar-refractivity contribution is -0.135. The van der Waals surface area contributed by atoms with Crippen LogP contribution in [0.3, 0.4) is 0 Å². The number of piperidine rings is 1. The molecule has 1 aromatic rings. The Bertz CT molecular complexity index is 519. The summed E-state index contributed by atoms with van der Waals surface area (Å²) in [6.07, 6.45) is 4.03. The van der Waals surface area contributed by atoms with Crippen molar-refractivity contribution in [3.8, 4) is 0 Å². The third-order valence-corrected chi connectivity index (χ3v) is 4.75. The first-order valence-corrected chi connectivity index (χ1v) is 8.58. The van der Waals surface area contributed by atoms with E-state index in [1.54, 1.807) is 6.20 Å². The number of amides is 1. The van der Waals surface area contributed by atoms with E-state index in [9.17, 15) is 9.90 Å². The van der Waals surface area contributed by atoms with E-state index in [1.807, 2.05) is 16.4 Å². The molecule has 2 heterocycles. The summed E-state index contributed by atoms with van der Waals surface area (Å²) in [6.45, 7) is 6.44. The highest BCUT2D eigenvalue weighted by molar-refractivity contribution is 5.76. The van der Waals surface area contributed by atoms with Crippen LogP contribution in [0.25, 0.3) is 0 Å². The fourth-order valence-electron chi connectivity index (χ4n) is 3.28. The van der Waals surface area contributed by atoms with E-state index in [1.165, 1.54) is 0 Å². The molecule has 0 bridgehead atoms. The number of likely N-dealkylation sites (tertiary alicyclic amines) is 1. The van der Waals surface area contributed by atoms with Gasteiger partial charge in [-0.2, -0.15) is 0 Å². The van der Waals surface area contributed by atoms with Gasteiger partial charge in [0.2, 0.25) is 5.91 Å². The van der Waals surface area contributed by atoms with Crippen molar-refractivity contribution in [2.45, 2.75) is 58.2 Å². The summed E-state index contributed by atoms with van der Waals surface area (Å²) in [6, 6.07) is 0.551. The molecule has 1 saturated heterocycles. The monoisotopic (exact) mass is 322 g/mol. The summed E-state index contributed by atoms with van der Waals surface area (Å²) in [4.78, 5) is 20.9. The maximum absolute atomic E-state index is 12.4. The van der Waals surface area contributed by atoms with Gasteiger partial charge in [0.25, 0.3) is 0 Å². The van der Waals surface area contributed by atoms with Gasteiger partial charge in [-0.15, -0.1) is 0 Å². The molecule has 2 rings (SSSR count). The van der Waals surface area contributed by atoms with Gasteiger partial charge in [-0.3, -0.25) is 4.79 Å². The Morgan fingerprint density at radius 3 is 2.65 bits per heavy atom. The van der Waals surface area contributed by atoms with E-state index in [-0.39, 0.29) is 12.3 Å². The van der Waals surface area contributed by atoms with Crippen molar-refractivity contribution in [1.29, 1.82) is 0 Å². The maximum Gasteiger partial charge on any atom is 0.225 e. The first kappa shape index (κ1) is 17.9. The molecule has 0 aliphatic carbocycles. The summed E-state index contributed by atoms with van der Waals surface area (Å²) < 4.78 is 2.01. The smallest absolute Gasteiger partial charge is 0.225 e. The quantitative estimate of drug-likeness (QED) is 0.864. The predicted molar refractivity (Wildman–Crippen MR) is 90.1 cm³/mol. The SMILES string of the molecule is CCCn1c(C)cnc1C(O)CC(=O)N1CCC(N(C)C)CC1. The van der Waals surface area contributed by atoms with Crippen LogP contribution in [-0.4, -0.2) is 63.6 Å². The van der Waals surface area contributed by atoms with Gasteiger partial charge in [-0.05, 0) is 40.3 Å². The first-order valence-electron chi connectivity index (χ1n) is 8.58. The van der Waals surface area contributed by atoms with Gasteiger partial charge in [0.1, 0.15) is 11.9 Å². The number of aryl methyl sites for hydroxylation is 1. The summed E-state index contributed by atoms with van der Waals surface area (Å²) >= 11 is 0. The van der Waals surface area contributed by atoms with Gasteiger partial charge in [0.15, 0.2) is 0 Å². The lowest BCUT2D eigenvalue weighted by Gasteiger charge is -2.35. The number of imidazole rings is 1. The van der Waals surface area contributed by atoms with Crippen LogP contribution in [0.1, 0.15) is 50.2 Å². The summed E-state index contributed by atoms with van der Waals surface area (Å²) in [5.41, 5.74) is 1.03. The number of rotatable bonds is 6. The first-order chi connectivity index (χ1) is 10.9. The van der Waals surface area contributed by atoms with Gasteiger partial charge in [0, 0.05) is 37.6 Å². The molecule has 1 aliphatic heterocycles. The van der Waals surface area contributed by atoms with Crippen LogP contribution < -0.4 is 0 Å². The number of nitrogens with zero attached hydrogens (tertiary/aromatic N) is 4. The van der Waals surface area contributed by atoms with Gasteiger partial charge in [-0.1, -0.05) is 6.92 Å². The standard InChI is InChI=1S/C17H30N4O2/c1-5-8-21-13(2)12-18-17(21)15(22)11-16(23)20-9-6-14(7-10-20)19(3)4/h12,14-15,22H,5-11H2,1-4H3. The van der Waals surface area contributed by atoms with Gasteiger partial charge in [-0.25, -0.2) is 4.98 Å². The Kier molecular flexibility index (Phi) is 6.18. The Balaban J connectivity index is 1.93. The Morgan fingerprint density at radius 2 is 2.09 bits per heavy atom. The number of carbonyl (C=O) groups excluding carboxylic acids is 1. The minimum Gasteiger partial charge on any atom is -0.385 e. The molecule has 0 spiro atoms. The molecule has 6 nitrogen and oxygen atoms in total. The Labute approximate surface area is 139 Å². The highest BCUT2D eigenvalue weighted by atomic mass is 16.3. The van der Waals surface area contributed by atoms with Crippen molar-refractivity contribution in [2.24, 2.45) is 0 Å². The second kappa shape index (κ2) is 7.93. The average molecular weight is 322 g/mol. The molecule has 1 aromatic heterocycles. The minimum atomic E-state index is -0.825. The molecule has 0 saturated carbocycles. The van der Waals surface area contributed by atoms with Crippen molar-refractivity contribution in [2.75, 3.05) is 27.2 Å². The maximum atomic E-state index is 12.4. The van der Waals surface area contributed by atoms with Crippen molar-refractivity contribution in [1.82, 2.24) is 19.4 Å². The number of carbonyl (C=O) groups is 1. The van der Waals surface area contributed by atoms with Crippen LogP contribution in [0.4, 0.5) is 0 Å². The third-order valence-electron chi connectivity index (χ3n) is 4.75. The molecule has 1 aliphatic rings. The Hall–Kier alpha value is -1.40. The number of aromatic nitrogens is 2. The number of hydrogen-bond donors (Lipinski definition) is 1. The zero-order chi connectivity index (χ0) is 17.0. The molecule has 6 heteroatoms. The fourth-order valence-corrected chi connectivity index (χ4v) is 3.28. The zero-order valence-electron chi connectivity index (χ0n) is 14.8. The Morgan fingerprint density at radius 1 is 1.43 bits per heavy atom. The molecule has 1 amide bonds. The van der Waals surface area contributed by atoms with Gasteiger partial charge in [0.05, 0.1) is 6.42 Å². The van der Waals surface area contributed by atoms with Crippen LogP contribution in [0.15, 0.2) is 6.20 Å². The predicted octanol–water partition coefficient (Wildman–Crippen LogP) is 1.58. The lowest BCUT2D eigenvalue weighted by Crippen LogP contribution is -2.44. The van der Waals surface area contributed by atoms with E-state index >= 15 is 0 Å². The molecule has 1 N–H and O–H groups in total. The molecular weight excluding hydrogens is 292 g/mol. The van der Waals surface area contributed by atoms with E-state index in [4.69, 9.17) is 0 Å². The van der Waals surface area contributed by atoms with Crippen LogP contribution in [-0.2, 0) is 11.3 Å². The topological polar surface area (TPSA) is 61.6 Å². The van der Waals surface area contributed by atoms with E-state index < -0.39 is 6.10 Å². The fraction of sp³-hybridized carbons (Fsp3) is 0.765. The number of aliphatic hydroxyl groups is 1. The molecule has 1 unspecified atom stereocenters. The highest BCUT2D eigenvalue weighted by Crippen LogP contribution is 2.21. The molecule has 1 fully saturated rings. The zero-order valence-corrected chi connectivity index (χ0v) is 14.8. The van der Waals surface area contributed by atoms with Crippen LogP contribution in [0, 0.1) is 6.92 Å². The average Bonchev–Trinajstić information content (AvgIpc) is 2.89. The van der Waals surface area contributed by atoms with E-state index in [2.05, 4.69) is 30.9 Å². The van der Waals surface area contributed by atoms with Crippen LogP contribution >= 0.6 is 0 Å². The van der Waals surface area contributed by atoms with E-state index in [0.717, 1.165) is 44.6 Å². The summed E-state index contributed by atoms with van der Waals surface area (Å²) in [5.74, 6) is 0.638. The van der Waals surface area contributed by atoms with Gasteiger partial charge >= 0.3 is 0 Å². The molecule has 0 radical (unpaired) electrons. The largest absolute Gasteiger partial charge is 0.385 e. The third kappa shape index (κ3) is 4.32. The molecule has 130 valence electrons. The normalized spacial score (nSPS) is 17.7. The van der Waals surface area contributed by atoms with Crippen LogP contribution in [0.5, 0.6) is 0 Å². The van der Waals surface area contributed by atoms with Gasteiger partial charge < -0.3 is 19.5 Å². The van der Waals surface area contributed by atoms with Crippen molar-refractivity contribution >= 4 is 5.91 Å². The second-order valence-corrected chi connectivity index (χ2v) is 6.70. The van der Waals surface area contributed by atoms with Crippen molar-refractivity contribution < 1.29 is 9.90 Å². The molecule has 1 atom stereocenters. The molecule has 0 aromatic carbocycles. The second-order valence-electron chi connectivity index (χ2n) is 6.70. The minimum absolute atomic E-state index is 0.0263. The lowest BCUT2D eigenvalue weighted by atomic mass is 10.0. The highest BCUT2D eigenvalue weighted by Gasteiger charge is 2.26. The summed E-state index contributed by atoms with van der Waals surface area (Å²) in [7, 11) is 4.17. The van der Waals surface area contributed by atoms with E-state index in [0.29, 0.717) is 11.9 Å². The van der Waals surface area contributed by atoms with Crippen molar-refractivity contribution in [3.05, 3.63) is 17.7 Å². The molecular formula is C17H30N4O2.